The summed E-state index contributed by atoms with van der Waals surface area (Å²) < 4.78 is 15.8. The molecule has 0 aliphatic carbocycles. The van der Waals surface area contributed by atoms with Crippen molar-refractivity contribution < 1.29 is 33.5 Å². The quantitative estimate of drug-likeness (QED) is 0.336. The topological polar surface area (TPSA) is 149 Å². The van der Waals surface area contributed by atoms with E-state index >= 15 is 0 Å². The lowest BCUT2D eigenvalue weighted by Gasteiger charge is -2.23. The van der Waals surface area contributed by atoms with E-state index in [4.69, 9.17) is 14.2 Å². The number of imide groups is 1. The number of urea groups is 1. The minimum absolute atomic E-state index is 0.0496. The lowest BCUT2D eigenvalue weighted by molar-refractivity contribution is -0.384. The third-order valence-corrected chi connectivity index (χ3v) is 4.90. The second kappa shape index (κ2) is 11.0. The lowest BCUT2D eigenvalue weighted by Crippen LogP contribution is -2.37. The number of benzene rings is 2. The molecule has 0 radical (unpaired) electrons. The van der Waals surface area contributed by atoms with Crippen LogP contribution in [0.5, 0.6) is 11.5 Å². The Labute approximate surface area is 194 Å². The van der Waals surface area contributed by atoms with E-state index in [1.807, 2.05) is 24.1 Å². The van der Waals surface area contributed by atoms with Gasteiger partial charge in [0.05, 0.1) is 16.2 Å². The van der Waals surface area contributed by atoms with Crippen molar-refractivity contribution in [3.05, 3.63) is 52.1 Å². The highest BCUT2D eigenvalue weighted by Crippen LogP contribution is 2.32. The summed E-state index contributed by atoms with van der Waals surface area (Å²) in [5, 5.41) is 15.6. The van der Waals surface area contributed by atoms with Gasteiger partial charge in [0.2, 0.25) is 0 Å². The van der Waals surface area contributed by atoms with Gasteiger partial charge in [0.1, 0.15) is 13.2 Å². The average molecular weight is 472 g/mol. The van der Waals surface area contributed by atoms with Crippen molar-refractivity contribution >= 4 is 35.0 Å². The Bertz CT molecular complexity index is 1100. The zero-order valence-corrected chi connectivity index (χ0v) is 18.7. The van der Waals surface area contributed by atoms with Crippen LogP contribution < -0.4 is 25.0 Å². The summed E-state index contributed by atoms with van der Waals surface area (Å²) in [7, 11) is 0. The molecule has 0 bridgehead atoms. The van der Waals surface area contributed by atoms with Crippen molar-refractivity contribution in [3.63, 3.8) is 0 Å². The zero-order chi connectivity index (χ0) is 24.7. The number of nitro groups is 1. The van der Waals surface area contributed by atoms with E-state index in [2.05, 4.69) is 5.32 Å². The number of esters is 1. The number of ether oxygens (including phenoxy) is 3. The number of nitrogens with zero attached hydrogens (tertiary/aromatic N) is 2. The molecule has 2 N–H and O–H groups in total. The van der Waals surface area contributed by atoms with Crippen LogP contribution in [0.4, 0.5) is 21.9 Å². The molecule has 0 aromatic heterocycles. The molecule has 3 rings (SSSR count). The fourth-order valence-electron chi connectivity index (χ4n) is 3.30. The Hall–Kier alpha value is -4.35. The van der Waals surface area contributed by atoms with Gasteiger partial charge in [-0.25, -0.2) is 9.59 Å². The number of amides is 3. The lowest BCUT2D eigenvalue weighted by atomic mass is 10.1. The van der Waals surface area contributed by atoms with Gasteiger partial charge in [0, 0.05) is 37.0 Å². The van der Waals surface area contributed by atoms with E-state index in [-0.39, 0.29) is 11.3 Å². The molecule has 0 atom stereocenters. The van der Waals surface area contributed by atoms with E-state index in [0.29, 0.717) is 49.2 Å². The summed E-state index contributed by atoms with van der Waals surface area (Å²) in [6.45, 7) is 4.90. The first-order valence-electron chi connectivity index (χ1n) is 10.5. The first-order chi connectivity index (χ1) is 16.3. The molecule has 1 heterocycles. The van der Waals surface area contributed by atoms with Crippen molar-refractivity contribution in [3.8, 4) is 11.5 Å². The van der Waals surface area contributed by atoms with E-state index in [1.54, 1.807) is 18.2 Å². The number of non-ortho nitro benzene ring substituents is 1. The number of fused-ring (bicyclic) bond motifs is 1. The van der Waals surface area contributed by atoms with Crippen LogP contribution in [0.2, 0.25) is 0 Å². The fraction of sp³-hybridized carbons (Fsp3) is 0.318. The first-order valence-corrected chi connectivity index (χ1v) is 10.5. The van der Waals surface area contributed by atoms with Gasteiger partial charge in [-0.1, -0.05) is 0 Å². The van der Waals surface area contributed by atoms with Crippen LogP contribution in [-0.2, 0) is 9.53 Å². The van der Waals surface area contributed by atoms with Gasteiger partial charge in [0.15, 0.2) is 18.1 Å². The molecule has 1 aliphatic rings. The maximum Gasteiger partial charge on any atom is 0.341 e. The molecule has 0 unspecified atom stereocenters. The highest BCUT2D eigenvalue weighted by molar-refractivity contribution is 6.03. The predicted molar refractivity (Wildman–Crippen MR) is 122 cm³/mol. The number of nitro benzene ring substituents is 1. The Kier molecular flexibility index (Phi) is 7.85. The second-order valence-electron chi connectivity index (χ2n) is 7.07. The third-order valence-electron chi connectivity index (χ3n) is 4.90. The first kappa shape index (κ1) is 24.3. The highest BCUT2D eigenvalue weighted by atomic mass is 16.6. The van der Waals surface area contributed by atoms with Crippen molar-refractivity contribution in [2.24, 2.45) is 0 Å². The van der Waals surface area contributed by atoms with Gasteiger partial charge < -0.3 is 24.4 Å². The second-order valence-corrected chi connectivity index (χ2v) is 7.07. The van der Waals surface area contributed by atoms with Crippen LogP contribution in [0.3, 0.4) is 0 Å². The van der Waals surface area contributed by atoms with Gasteiger partial charge >= 0.3 is 12.0 Å². The van der Waals surface area contributed by atoms with Crippen molar-refractivity contribution in [1.29, 1.82) is 0 Å². The minimum Gasteiger partial charge on any atom is -0.486 e. The van der Waals surface area contributed by atoms with Crippen LogP contribution in [0.1, 0.15) is 24.2 Å². The Balaban J connectivity index is 1.60. The van der Waals surface area contributed by atoms with E-state index in [9.17, 15) is 24.5 Å². The minimum atomic E-state index is -0.923. The van der Waals surface area contributed by atoms with Crippen molar-refractivity contribution in [1.82, 2.24) is 5.32 Å². The van der Waals surface area contributed by atoms with Gasteiger partial charge in [-0.3, -0.25) is 20.2 Å². The number of hydrogen-bond acceptors (Lipinski definition) is 9. The standard InChI is InChI=1S/C22H24N4O8/c1-3-25(4-2)17-7-6-15(26(30)31)12-16(17)21(28)34-13-20(27)24-22(29)23-14-5-8-18-19(11-14)33-10-9-32-18/h5-8,11-12H,3-4,9-10,13H2,1-2H3,(H2,23,24,27,29). The van der Waals surface area contributed by atoms with E-state index < -0.39 is 29.4 Å². The number of carbonyl (C=O) groups excluding carboxylic acids is 3. The normalized spacial score (nSPS) is 11.8. The van der Waals surface area contributed by atoms with Crippen LogP contribution in [-0.4, -0.2) is 55.7 Å². The van der Waals surface area contributed by atoms with Gasteiger partial charge in [-0.15, -0.1) is 0 Å². The maximum atomic E-state index is 12.6. The molecule has 1 aliphatic heterocycles. The molecule has 0 saturated heterocycles. The number of hydrogen-bond donors (Lipinski definition) is 2. The molecule has 2 aromatic carbocycles. The zero-order valence-electron chi connectivity index (χ0n) is 18.7. The molecule has 12 heteroatoms. The molecule has 34 heavy (non-hydrogen) atoms. The largest absolute Gasteiger partial charge is 0.486 e. The molecule has 2 aromatic rings. The Morgan fingerprint density at radius 3 is 2.44 bits per heavy atom. The predicted octanol–water partition coefficient (Wildman–Crippen LogP) is 2.72. The molecule has 180 valence electrons. The summed E-state index contributed by atoms with van der Waals surface area (Å²) >= 11 is 0. The van der Waals surface area contributed by atoms with Crippen LogP contribution >= 0.6 is 0 Å². The molecule has 0 saturated carbocycles. The molecule has 0 spiro atoms. The van der Waals surface area contributed by atoms with Crippen molar-refractivity contribution in [2.75, 3.05) is 43.1 Å². The summed E-state index contributed by atoms with van der Waals surface area (Å²) in [6.07, 6.45) is 0. The highest BCUT2D eigenvalue weighted by Gasteiger charge is 2.22. The summed E-state index contributed by atoms with van der Waals surface area (Å²) in [5.41, 5.74) is 0.474. The average Bonchev–Trinajstić information content (AvgIpc) is 2.83. The number of anilines is 2. The van der Waals surface area contributed by atoms with Crippen molar-refractivity contribution in [2.45, 2.75) is 13.8 Å². The van der Waals surface area contributed by atoms with Crippen LogP contribution in [0, 0.1) is 10.1 Å². The maximum absolute atomic E-state index is 12.6. The van der Waals surface area contributed by atoms with E-state index in [1.165, 1.54) is 12.1 Å². The number of carbonyl (C=O) groups is 3. The Morgan fingerprint density at radius 2 is 1.76 bits per heavy atom. The number of nitrogens with one attached hydrogen (secondary N) is 2. The van der Waals surface area contributed by atoms with Crippen LogP contribution in [0.25, 0.3) is 0 Å². The SMILES string of the molecule is CCN(CC)c1ccc([N+](=O)[O-])cc1C(=O)OCC(=O)NC(=O)Nc1ccc2c(c1)OCCO2. The molecule has 0 fully saturated rings. The molecule has 3 amide bonds. The van der Waals surface area contributed by atoms with Gasteiger partial charge in [0.25, 0.3) is 11.6 Å². The monoisotopic (exact) mass is 472 g/mol. The van der Waals surface area contributed by atoms with Gasteiger partial charge in [-0.05, 0) is 32.0 Å². The molecular weight excluding hydrogens is 448 g/mol. The van der Waals surface area contributed by atoms with Gasteiger partial charge in [-0.2, -0.15) is 0 Å². The summed E-state index contributed by atoms with van der Waals surface area (Å²) in [5.74, 6) is -0.790. The summed E-state index contributed by atoms with van der Waals surface area (Å²) in [4.78, 5) is 49.2. The molecular formula is C22H24N4O8. The smallest absolute Gasteiger partial charge is 0.341 e. The Morgan fingerprint density at radius 1 is 1.06 bits per heavy atom. The summed E-state index contributed by atoms with van der Waals surface area (Å²) in [6, 6.07) is 7.77. The fourth-order valence-corrected chi connectivity index (χ4v) is 3.30. The van der Waals surface area contributed by atoms with Crippen LogP contribution in [0.15, 0.2) is 36.4 Å². The molecule has 12 nitrogen and oxygen atoms in total. The third kappa shape index (κ3) is 5.91. The van der Waals surface area contributed by atoms with E-state index in [0.717, 1.165) is 6.07 Å². The number of rotatable bonds is 8.